The third kappa shape index (κ3) is 9.21. The summed E-state index contributed by atoms with van der Waals surface area (Å²) in [6, 6.07) is 0. The van der Waals surface area contributed by atoms with Crippen molar-refractivity contribution < 1.29 is 28.2 Å². The van der Waals surface area contributed by atoms with Crippen molar-refractivity contribution in [2.45, 2.75) is 102 Å². The zero-order chi connectivity index (χ0) is 23.9. The van der Waals surface area contributed by atoms with Gasteiger partial charge >= 0.3 is 5.97 Å². The Hall–Kier alpha value is -0.810. The highest BCUT2D eigenvalue weighted by Crippen LogP contribution is 2.39. The number of aliphatic hydroxyl groups excluding tert-OH is 2. The maximum atomic E-state index is 12.2. The molecule has 0 saturated heterocycles. The summed E-state index contributed by atoms with van der Waals surface area (Å²) in [6.07, 6.45) is 6.24. The van der Waals surface area contributed by atoms with E-state index >= 15 is 0 Å². The third-order valence-corrected chi connectivity index (χ3v) is 8.39. The molecule has 0 amide bonds. The Kier molecular flexibility index (Phi) is 10.3. The van der Waals surface area contributed by atoms with E-state index in [0.717, 1.165) is 25.7 Å². The molecule has 0 heterocycles. The van der Waals surface area contributed by atoms with Gasteiger partial charge in [0, 0.05) is 5.38 Å². The minimum atomic E-state index is -3.54. The lowest BCUT2D eigenvalue weighted by atomic mass is 9.84. The molecule has 184 valence electrons. The fourth-order valence-electron chi connectivity index (χ4n) is 4.70. The molecule has 5 atom stereocenters. The first-order valence-electron chi connectivity index (χ1n) is 11.8. The van der Waals surface area contributed by atoms with E-state index in [1.807, 2.05) is 0 Å². The fourth-order valence-corrected chi connectivity index (χ4v) is 6.37. The monoisotopic (exact) mass is 490 g/mol. The highest BCUT2D eigenvalue weighted by Gasteiger charge is 2.40. The number of ether oxygens (including phenoxy) is 1. The van der Waals surface area contributed by atoms with Gasteiger partial charge in [0.1, 0.15) is 17.5 Å². The number of carbonyl (C=O) groups is 1. The number of sulfone groups is 1. The number of carbonyl (C=O) groups excluding carboxylic acids is 1. The van der Waals surface area contributed by atoms with E-state index in [1.54, 1.807) is 20.8 Å². The van der Waals surface area contributed by atoms with E-state index < -0.39 is 39.4 Å². The van der Waals surface area contributed by atoms with Crippen molar-refractivity contribution >= 4 is 27.4 Å². The van der Waals surface area contributed by atoms with Crippen LogP contribution in [0.25, 0.3) is 0 Å². The van der Waals surface area contributed by atoms with Crippen molar-refractivity contribution in [3.8, 4) is 11.8 Å². The maximum Gasteiger partial charge on any atom is 0.321 e. The molecule has 2 fully saturated rings. The van der Waals surface area contributed by atoms with Gasteiger partial charge in [-0.3, -0.25) is 4.79 Å². The molecule has 0 aliphatic heterocycles. The van der Waals surface area contributed by atoms with Crippen LogP contribution in [0, 0.1) is 29.6 Å². The highest BCUT2D eigenvalue weighted by atomic mass is 35.5. The van der Waals surface area contributed by atoms with Crippen LogP contribution in [0.1, 0.15) is 78.6 Å². The first-order chi connectivity index (χ1) is 14.9. The Morgan fingerprint density at radius 3 is 2.47 bits per heavy atom. The molecule has 8 heteroatoms. The molecular formula is C24H39ClO6S. The molecule has 2 saturated carbocycles. The van der Waals surface area contributed by atoms with Gasteiger partial charge in [0.25, 0.3) is 0 Å². The lowest BCUT2D eigenvalue weighted by molar-refractivity contribution is -0.151. The SMILES string of the molecule is CC(C)(C)OC(=O)CS(=O)(=O)CCCC[C@@H]1[C@@H](C#CC(O)C2CCCCC2)[C@H](O)C[C@H]1Cl. The average molecular weight is 491 g/mol. The Labute approximate surface area is 198 Å². The van der Waals surface area contributed by atoms with Crippen molar-refractivity contribution in [3.63, 3.8) is 0 Å². The predicted octanol–water partition coefficient (Wildman–Crippen LogP) is 3.46. The van der Waals surface area contributed by atoms with Crippen LogP contribution in [-0.4, -0.2) is 59.3 Å². The number of hydrogen-bond acceptors (Lipinski definition) is 6. The number of alkyl halides is 1. The summed E-state index contributed by atoms with van der Waals surface area (Å²) in [5.41, 5.74) is -0.716. The number of aliphatic hydroxyl groups is 2. The number of esters is 1. The molecule has 0 radical (unpaired) electrons. The molecule has 0 aromatic rings. The highest BCUT2D eigenvalue weighted by molar-refractivity contribution is 7.92. The lowest BCUT2D eigenvalue weighted by Crippen LogP contribution is -2.29. The molecule has 0 bridgehead atoms. The van der Waals surface area contributed by atoms with Gasteiger partial charge in [-0.15, -0.1) is 11.6 Å². The van der Waals surface area contributed by atoms with Gasteiger partial charge in [-0.25, -0.2) is 8.42 Å². The Balaban J connectivity index is 1.84. The van der Waals surface area contributed by atoms with Gasteiger partial charge in [-0.1, -0.05) is 37.5 Å². The van der Waals surface area contributed by atoms with E-state index in [0.29, 0.717) is 25.7 Å². The van der Waals surface area contributed by atoms with Gasteiger partial charge in [0.05, 0.1) is 17.8 Å². The molecule has 6 nitrogen and oxygen atoms in total. The number of rotatable bonds is 8. The zero-order valence-electron chi connectivity index (χ0n) is 19.6. The van der Waals surface area contributed by atoms with Crippen molar-refractivity contribution in [3.05, 3.63) is 0 Å². The van der Waals surface area contributed by atoms with Crippen LogP contribution in [0.2, 0.25) is 0 Å². The van der Waals surface area contributed by atoms with E-state index in [9.17, 15) is 23.4 Å². The van der Waals surface area contributed by atoms with Crippen LogP contribution in [0.3, 0.4) is 0 Å². The van der Waals surface area contributed by atoms with Crippen molar-refractivity contribution in [1.82, 2.24) is 0 Å². The second-order valence-electron chi connectivity index (χ2n) is 10.3. The molecule has 2 N–H and O–H groups in total. The van der Waals surface area contributed by atoms with Crippen molar-refractivity contribution in [2.75, 3.05) is 11.5 Å². The molecular weight excluding hydrogens is 452 g/mol. The fraction of sp³-hybridized carbons (Fsp3) is 0.875. The Bertz CT molecular complexity index is 773. The zero-order valence-corrected chi connectivity index (χ0v) is 21.1. The van der Waals surface area contributed by atoms with Crippen LogP contribution >= 0.6 is 11.6 Å². The first-order valence-corrected chi connectivity index (χ1v) is 14.1. The molecule has 0 aromatic carbocycles. The van der Waals surface area contributed by atoms with Gasteiger partial charge < -0.3 is 14.9 Å². The quantitative estimate of drug-likeness (QED) is 0.234. The smallest absolute Gasteiger partial charge is 0.321 e. The van der Waals surface area contributed by atoms with Crippen LogP contribution in [-0.2, 0) is 19.4 Å². The summed E-state index contributed by atoms with van der Waals surface area (Å²) < 4.78 is 29.5. The summed E-state index contributed by atoms with van der Waals surface area (Å²) in [4.78, 5) is 11.8. The minimum Gasteiger partial charge on any atom is -0.459 e. The molecule has 0 spiro atoms. The van der Waals surface area contributed by atoms with Gasteiger partial charge in [0.15, 0.2) is 9.84 Å². The van der Waals surface area contributed by atoms with Gasteiger partial charge in [-0.2, -0.15) is 0 Å². The van der Waals surface area contributed by atoms with E-state index in [-0.39, 0.29) is 28.9 Å². The first kappa shape index (κ1) is 27.4. The van der Waals surface area contributed by atoms with E-state index in [4.69, 9.17) is 16.3 Å². The molecule has 1 unspecified atom stereocenters. The standard InChI is InChI=1S/C24H39ClO6S/c1-24(2,3)31-23(28)16-32(29,30)14-8-7-11-18-19(22(27)15-20(18)25)12-13-21(26)17-9-5-4-6-10-17/h17-22,26-27H,4-11,14-16H2,1-3H3/t18-,19-,20-,21?,22-/m1/s1. The van der Waals surface area contributed by atoms with Crippen LogP contribution in [0.4, 0.5) is 0 Å². The topological polar surface area (TPSA) is 101 Å². The summed E-state index contributed by atoms with van der Waals surface area (Å²) in [7, 11) is -3.54. The number of halogens is 1. The number of hydrogen-bond donors (Lipinski definition) is 2. The van der Waals surface area contributed by atoms with Crippen LogP contribution in [0.15, 0.2) is 0 Å². The van der Waals surface area contributed by atoms with E-state index in [1.165, 1.54) is 6.42 Å². The summed E-state index contributed by atoms with van der Waals surface area (Å²) in [6.45, 7) is 5.09. The normalized spacial score (nSPS) is 28.1. The minimum absolute atomic E-state index is 0.0497. The average Bonchev–Trinajstić information content (AvgIpc) is 2.94. The number of unbranched alkanes of at least 4 members (excludes halogenated alkanes) is 1. The summed E-state index contributed by atoms with van der Waals surface area (Å²) in [5.74, 6) is 4.48. The Morgan fingerprint density at radius 1 is 1.19 bits per heavy atom. The van der Waals surface area contributed by atoms with Crippen molar-refractivity contribution in [2.24, 2.45) is 17.8 Å². The van der Waals surface area contributed by atoms with Crippen molar-refractivity contribution in [1.29, 1.82) is 0 Å². The van der Waals surface area contributed by atoms with Crippen LogP contribution in [0.5, 0.6) is 0 Å². The lowest BCUT2D eigenvalue weighted by Gasteiger charge is -2.24. The molecule has 0 aromatic heterocycles. The second-order valence-corrected chi connectivity index (χ2v) is 13.1. The molecule has 2 aliphatic carbocycles. The molecule has 2 aliphatic rings. The van der Waals surface area contributed by atoms with Crippen LogP contribution < -0.4 is 0 Å². The summed E-state index contributed by atoms with van der Waals surface area (Å²) in [5, 5.41) is 20.6. The maximum absolute atomic E-state index is 12.2. The molecule has 2 rings (SSSR count). The summed E-state index contributed by atoms with van der Waals surface area (Å²) >= 11 is 6.46. The third-order valence-electron chi connectivity index (χ3n) is 6.30. The second kappa shape index (κ2) is 12.1. The Morgan fingerprint density at radius 2 is 1.84 bits per heavy atom. The largest absolute Gasteiger partial charge is 0.459 e. The molecule has 32 heavy (non-hydrogen) atoms. The van der Waals surface area contributed by atoms with E-state index in [2.05, 4.69) is 11.8 Å². The predicted molar refractivity (Wildman–Crippen MR) is 126 cm³/mol. The van der Waals surface area contributed by atoms with Gasteiger partial charge in [0.2, 0.25) is 0 Å². The van der Waals surface area contributed by atoms with Gasteiger partial charge in [-0.05, 0) is 64.7 Å².